The van der Waals surface area contributed by atoms with Gasteiger partial charge in [-0.1, -0.05) is 48.5 Å². The van der Waals surface area contributed by atoms with Crippen molar-refractivity contribution >= 4 is 17.5 Å². The Morgan fingerprint density at radius 1 is 0.848 bits per heavy atom. The van der Waals surface area contributed by atoms with Gasteiger partial charge in [0.25, 0.3) is 11.8 Å². The molecular weight excluding hydrogens is 418 g/mol. The molecule has 0 unspecified atom stereocenters. The molecule has 0 bridgehead atoms. The summed E-state index contributed by atoms with van der Waals surface area (Å²) in [6.45, 7) is 0.417. The molecule has 9 heteroatoms. The zero-order valence-electron chi connectivity index (χ0n) is 18.3. The fourth-order valence-corrected chi connectivity index (χ4v) is 3.12. The molecule has 0 spiro atoms. The van der Waals surface area contributed by atoms with E-state index in [2.05, 4.69) is 26.3 Å². The van der Waals surface area contributed by atoms with Crippen LogP contribution >= 0.6 is 0 Å². The minimum atomic E-state index is -0.413. The van der Waals surface area contributed by atoms with Crippen molar-refractivity contribution in [2.45, 2.75) is 6.54 Å². The van der Waals surface area contributed by atoms with Gasteiger partial charge >= 0.3 is 0 Å². The standard InChI is InChI=1S/C24H23N7O2/c1-30(2)21-10-6-9-20(15-21)24(33)27-26-23(32)19-13-11-17(12-14-19)16-31-28-22(25-29-31)18-7-4-3-5-8-18/h3-15H,16H2,1-2H3,(H,26,32)(H,27,33). The van der Waals surface area contributed by atoms with Gasteiger partial charge < -0.3 is 4.90 Å². The molecule has 0 aliphatic heterocycles. The van der Waals surface area contributed by atoms with Gasteiger partial charge in [-0.3, -0.25) is 20.4 Å². The molecule has 0 atom stereocenters. The number of rotatable bonds is 6. The number of carbonyl (C=O) groups excluding carboxylic acids is 2. The average Bonchev–Trinajstić information content (AvgIpc) is 3.32. The van der Waals surface area contributed by atoms with Crippen molar-refractivity contribution in [2.75, 3.05) is 19.0 Å². The second-order valence-corrected chi connectivity index (χ2v) is 7.56. The van der Waals surface area contributed by atoms with Gasteiger partial charge in [-0.2, -0.15) is 4.80 Å². The van der Waals surface area contributed by atoms with E-state index in [4.69, 9.17) is 0 Å². The van der Waals surface area contributed by atoms with E-state index >= 15 is 0 Å². The van der Waals surface area contributed by atoms with Crippen LogP contribution in [0.3, 0.4) is 0 Å². The number of nitrogens with zero attached hydrogens (tertiary/aromatic N) is 5. The zero-order valence-corrected chi connectivity index (χ0v) is 18.3. The quantitative estimate of drug-likeness (QED) is 0.446. The van der Waals surface area contributed by atoms with Gasteiger partial charge in [0.15, 0.2) is 0 Å². The van der Waals surface area contributed by atoms with Crippen LogP contribution in [0, 0.1) is 0 Å². The largest absolute Gasteiger partial charge is 0.378 e. The Bertz CT molecular complexity index is 1250. The lowest BCUT2D eigenvalue weighted by molar-refractivity contribution is 0.0846. The summed E-state index contributed by atoms with van der Waals surface area (Å²) in [7, 11) is 3.78. The number of carbonyl (C=O) groups is 2. The van der Waals surface area contributed by atoms with Gasteiger partial charge in [0.05, 0.1) is 6.54 Å². The maximum Gasteiger partial charge on any atom is 0.269 e. The van der Waals surface area contributed by atoms with E-state index in [9.17, 15) is 9.59 Å². The maximum absolute atomic E-state index is 12.4. The Morgan fingerprint density at radius 2 is 1.55 bits per heavy atom. The second kappa shape index (κ2) is 9.73. The summed E-state index contributed by atoms with van der Waals surface area (Å²) in [5, 5.41) is 12.6. The van der Waals surface area contributed by atoms with Crippen molar-refractivity contribution in [3.8, 4) is 11.4 Å². The molecule has 2 N–H and O–H groups in total. The van der Waals surface area contributed by atoms with Crippen LogP contribution in [0.2, 0.25) is 0 Å². The van der Waals surface area contributed by atoms with Gasteiger partial charge in [0.1, 0.15) is 0 Å². The average molecular weight is 441 g/mol. The van der Waals surface area contributed by atoms with E-state index in [0.717, 1.165) is 16.8 Å². The number of anilines is 1. The van der Waals surface area contributed by atoms with E-state index < -0.39 is 11.8 Å². The predicted octanol–water partition coefficient (Wildman–Crippen LogP) is 2.53. The van der Waals surface area contributed by atoms with Gasteiger partial charge in [-0.15, -0.1) is 10.2 Å². The van der Waals surface area contributed by atoms with Crippen LogP contribution in [0.25, 0.3) is 11.4 Å². The number of aromatic nitrogens is 4. The highest BCUT2D eigenvalue weighted by atomic mass is 16.2. The molecule has 9 nitrogen and oxygen atoms in total. The highest BCUT2D eigenvalue weighted by Gasteiger charge is 2.11. The van der Waals surface area contributed by atoms with Crippen LogP contribution in [-0.2, 0) is 6.54 Å². The maximum atomic E-state index is 12.4. The third-order valence-corrected chi connectivity index (χ3v) is 4.94. The zero-order chi connectivity index (χ0) is 23.2. The smallest absolute Gasteiger partial charge is 0.269 e. The minimum absolute atomic E-state index is 0.393. The summed E-state index contributed by atoms with van der Waals surface area (Å²) in [6, 6.07) is 23.7. The molecule has 4 rings (SSSR count). The summed E-state index contributed by atoms with van der Waals surface area (Å²) < 4.78 is 0. The first-order valence-corrected chi connectivity index (χ1v) is 10.3. The van der Waals surface area contributed by atoms with Gasteiger partial charge in [0.2, 0.25) is 5.82 Å². The topological polar surface area (TPSA) is 105 Å². The Morgan fingerprint density at radius 3 is 2.24 bits per heavy atom. The lowest BCUT2D eigenvalue weighted by atomic mass is 10.1. The molecule has 1 aromatic heterocycles. The van der Waals surface area contributed by atoms with Crippen LogP contribution in [0.4, 0.5) is 5.69 Å². The van der Waals surface area contributed by atoms with Crippen molar-refractivity contribution in [2.24, 2.45) is 0 Å². The summed E-state index contributed by atoms with van der Waals surface area (Å²) in [5.41, 5.74) is 8.45. The Hall–Kier alpha value is -4.53. The van der Waals surface area contributed by atoms with Crippen molar-refractivity contribution in [3.63, 3.8) is 0 Å². The first-order valence-electron chi connectivity index (χ1n) is 10.3. The van der Waals surface area contributed by atoms with E-state index in [1.54, 1.807) is 30.3 Å². The molecule has 0 aliphatic rings. The number of nitrogens with one attached hydrogen (secondary N) is 2. The highest BCUT2D eigenvalue weighted by molar-refractivity contribution is 5.99. The minimum Gasteiger partial charge on any atom is -0.378 e. The van der Waals surface area contributed by atoms with E-state index in [1.807, 2.05) is 67.5 Å². The molecule has 166 valence electrons. The van der Waals surface area contributed by atoms with Crippen LogP contribution in [0.15, 0.2) is 78.9 Å². The first kappa shape index (κ1) is 21.7. The first-order chi connectivity index (χ1) is 16.0. The third kappa shape index (κ3) is 5.40. The third-order valence-electron chi connectivity index (χ3n) is 4.94. The van der Waals surface area contributed by atoms with Crippen LogP contribution in [0.1, 0.15) is 26.3 Å². The number of hydrazine groups is 1. The summed E-state index contributed by atoms with van der Waals surface area (Å²) in [5.74, 6) is -0.252. The molecule has 2 amide bonds. The Kier molecular flexibility index (Phi) is 6.40. The number of tetrazole rings is 1. The molecule has 0 aliphatic carbocycles. The fourth-order valence-electron chi connectivity index (χ4n) is 3.12. The number of hydrogen-bond acceptors (Lipinski definition) is 6. The SMILES string of the molecule is CN(C)c1cccc(C(=O)NNC(=O)c2ccc(Cn3nnc(-c4ccccc4)n3)cc2)c1. The summed E-state index contributed by atoms with van der Waals surface area (Å²) in [4.78, 5) is 28.2. The molecule has 0 radical (unpaired) electrons. The highest BCUT2D eigenvalue weighted by Crippen LogP contribution is 2.14. The number of benzene rings is 3. The normalized spacial score (nSPS) is 10.5. The van der Waals surface area contributed by atoms with Crippen LogP contribution in [0.5, 0.6) is 0 Å². The lowest BCUT2D eigenvalue weighted by Gasteiger charge is -2.13. The van der Waals surface area contributed by atoms with E-state index in [-0.39, 0.29) is 0 Å². The van der Waals surface area contributed by atoms with Crippen molar-refractivity contribution in [1.29, 1.82) is 0 Å². The van der Waals surface area contributed by atoms with E-state index in [1.165, 1.54) is 4.80 Å². The number of hydrogen-bond donors (Lipinski definition) is 2. The Labute approximate surface area is 191 Å². The van der Waals surface area contributed by atoms with Gasteiger partial charge in [-0.05, 0) is 41.1 Å². The van der Waals surface area contributed by atoms with Crippen LogP contribution in [-0.4, -0.2) is 46.1 Å². The molecule has 0 saturated carbocycles. The van der Waals surface area contributed by atoms with Crippen molar-refractivity contribution in [1.82, 2.24) is 31.1 Å². The molecule has 4 aromatic rings. The summed E-state index contributed by atoms with van der Waals surface area (Å²) in [6.07, 6.45) is 0. The molecule has 3 aromatic carbocycles. The van der Waals surface area contributed by atoms with Crippen molar-refractivity contribution < 1.29 is 9.59 Å². The number of amides is 2. The summed E-state index contributed by atoms with van der Waals surface area (Å²) >= 11 is 0. The van der Waals surface area contributed by atoms with Crippen LogP contribution < -0.4 is 15.8 Å². The monoisotopic (exact) mass is 441 g/mol. The molecule has 1 heterocycles. The van der Waals surface area contributed by atoms with Gasteiger partial charge in [-0.25, -0.2) is 0 Å². The predicted molar refractivity (Wildman–Crippen MR) is 124 cm³/mol. The van der Waals surface area contributed by atoms with Crippen molar-refractivity contribution in [3.05, 3.63) is 95.6 Å². The molecule has 0 fully saturated rings. The molecule has 33 heavy (non-hydrogen) atoms. The van der Waals surface area contributed by atoms with Gasteiger partial charge in [0, 0.05) is 36.5 Å². The molecular formula is C24H23N7O2. The lowest BCUT2D eigenvalue weighted by Crippen LogP contribution is -2.41. The van der Waals surface area contributed by atoms with E-state index in [0.29, 0.717) is 23.5 Å². The Balaban J connectivity index is 1.33. The fraction of sp³-hybridized carbons (Fsp3) is 0.125. The molecule has 0 saturated heterocycles. The second-order valence-electron chi connectivity index (χ2n) is 7.56.